The van der Waals surface area contributed by atoms with Gasteiger partial charge in [-0.05, 0) is 61.9 Å². The third kappa shape index (κ3) is 5.00. The minimum atomic E-state index is 0.197. The van der Waals surface area contributed by atoms with Crippen molar-refractivity contribution >= 4 is 0 Å². The molecule has 0 N–H and O–H groups in total. The molecule has 0 aromatic carbocycles. The first-order valence-electron chi connectivity index (χ1n) is 11.1. The molecule has 0 bridgehead atoms. The summed E-state index contributed by atoms with van der Waals surface area (Å²) in [5.41, 5.74) is 1.73. The van der Waals surface area contributed by atoms with Gasteiger partial charge in [0.2, 0.25) is 0 Å². The van der Waals surface area contributed by atoms with Crippen LogP contribution >= 0.6 is 0 Å². The van der Waals surface area contributed by atoms with E-state index in [1.54, 1.807) is 0 Å². The highest BCUT2D eigenvalue weighted by molar-refractivity contribution is 5.26. The van der Waals surface area contributed by atoms with Crippen LogP contribution in [0.25, 0.3) is 0 Å². The SMILES string of the molecule is CC(C)CC(C)C1=CCC(OC2(C3CCCCC3)CCCCC2)C=C1. The summed E-state index contributed by atoms with van der Waals surface area (Å²) in [5, 5.41) is 0. The van der Waals surface area contributed by atoms with Crippen molar-refractivity contribution in [2.45, 2.75) is 110 Å². The lowest BCUT2D eigenvalue weighted by atomic mass is 9.69. The average Bonchev–Trinajstić information content (AvgIpc) is 2.63. The second kappa shape index (κ2) is 8.89. The molecule has 3 aliphatic rings. The molecule has 0 aliphatic heterocycles. The fourth-order valence-corrected chi connectivity index (χ4v) is 5.62. The van der Waals surface area contributed by atoms with Crippen LogP contribution in [-0.4, -0.2) is 11.7 Å². The molecular formula is C24H40O. The largest absolute Gasteiger partial charge is 0.367 e. The molecule has 2 saturated carbocycles. The highest BCUT2D eigenvalue weighted by atomic mass is 16.5. The molecule has 0 amide bonds. The molecule has 0 saturated heterocycles. The van der Waals surface area contributed by atoms with Crippen LogP contribution < -0.4 is 0 Å². The van der Waals surface area contributed by atoms with Crippen LogP contribution in [0, 0.1) is 17.8 Å². The average molecular weight is 345 g/mol. The Morgan fingerprint density at radius 2 is 1.68 bits per heavy atom. The highest BCUT2D eigenvalue weighted by Crippen LogP contribution is 2.45. The van der Waals surface area contributed by atoms with Crippen LogP contribution in [0.4, 0.5) is 0 Å². The van der Waals surface area contributed by atoms with E-state index in [1.807, 2.05) is 0 Å². The van der Waals surface area contributed by atoms with Gasteiger partial charge >= 0.3 is 0 Å². The predicted molar refractivity (Wildman–Crippen MR) is 108 cm³/mol. The van der Waals surface area contributed by atoms with Gasteiger partial charge in [0.1, 0.15) is 0 Å². The third-order valence-electron chi connectivity index (χ3n) is 6.92. The van der Waals surface area contributed by atoms with Crippen molar-refractivity contribution in [1.29, 1.82) is 0 Å². The van der Waals surface area contributed by atoms with E-state index in [2.05, 4.69) is 39.0 Å². The second-order valence-corrected chi connectivity index (χ2v) is 9.45. The van der Waals surface area contributed by atoms with E-state index < -0.39 is 0 Å². The molecule has 2 atom stereocenters. The fourth-order valence-electron chi connectivity index (χ4n) is 5.62. The maximum atomic E-state index is 6.94. The molecule has 3 aliphatic carbocycles. The van der Waals surface area contributed by atoms with Gasteiger partial charge in [-0.1, -0.05) is 77.5 Å². The summed E-state index contributed by atoms with van der Waals surface area (Å²) in [6.07, 6.45) is 23.8. The Morgan fingerprint density at radius 3 is 2.28 bits per heavy atom. The van der Waals surface area contributed by atoms with Gasteiger partial charge in [-0.2, -0.15) is 0 Å². The van der Waals surface area contributed by atoms with E-state index in [0.29, 0.717) is 12.0 Å². The number of ether oxygens (including phenoxy) is 1. The molecule has 2 fully saturated rings. The Balaban J connectivity index is 1.62. The van der Waals surface area contributed by atoms with Crippen LogP contribution in [0.2, 0.25) is 0 Å². The Kier molecular flexibility index (Phi) is 6.83. The maximum absolute atomic E-state index is 6.94. The third-order valence-corrected chi connectivity index (χ3v) is 6.92. The van der Waals surface area contributed by atoms with Gasteiger partial charge in [0.15, 0.2) is 0 Å². The van der Waals surface area contributed by atoms with Crippen LogP contribution in [0.15, 0.2) is 23.8 Å². The molecule has 142 valence electrons. The van der Waals surface area contributed by atoms with E-state index in [-0.39, 0.29) is 5.60 Å². The van der Waals surface area contributed by atoms with Gasteiger partial charge < -0.3 is 4.74 Å². The summed E-state index contributed by atoms with van der Waals surface area (Å²) in [6.45, 7) is 7.03. The zero-order valence-electron chi connectivity index (χ0n) is 16.9. The molecule has 2 unspecified atom stereocenters. The van der Waals surface area contributed by atoms with Gasteiger partial charge in [0.05, 0.1) is 11.7 Å². The zero-order chi connectivity index (χ0) is 17.7. The Morgan fingerprint density at radius 1 is 1.00 bits per heavy atom. The second-order valence-electron chi connectivity index (χ2n) is 9.45. The van der Waals surface area contributed by atoms with Crippen LogP contribution in [0.5, 0.6) is 0 Å². The molecule has 1 heteroatoms. The van der Waals surface area contributed by atoms with Gasteiger partial charge in [-0.3, -0.25) is 0 Å². The molecule has 0 aromatic rings. The van der Waals surface area contributed by atoms with E-state index in [0.717, 1.165) is 18.3 Å². The van der Waals surface area contributed by atoms with Crippen molar-refractivity contribution in [3.05, 3.63) is 23.8 Å². The molecule has 0 aromatic heterocycles. The summed E-state index contributed by atoms with van der Waals surface area (Å²) in [4.78, 5) is 0. The van der Waals surface area contributed by atoms with E-state index in [9.17, 15) is 0 Å². The lowest BCUT2D eigenvalue weighted by Crippen LogP contribution is -2.46. The minimum absolute atomic E-state index is 0.197. The molecule has 3 rings (SSSR count). The lowest BCUT2D eigenvalue weighted by Gasteiger charge is -2.47. The molecule has 25 heavy (non-hydrogen) atoms. The summed E-state index contributed by atoms with van der Waals surface area (Å²) in [5.74, 6) is 2.27. The topological polar surface area (TPSA) is 9.23 Å². The summed E-state index contributed by atoms with van der Waals surface area (Å²) >= 11 is 0. The van der Waals surface area contributed by atoms with E-state index in [4.69, 9.17) is 4.74 Å². The minimum Gasteiger partial charge on any atom is -0.367 e. The van der Waals surface area contributed by atoms with Crippen LogP contribution in [-0.2, 0) is 4.74 Å². The number of rotatable bonds is 6. The van der Waals surface area contributed by atoms with Crippen LogP contribution in [0.3, 0.4) is 0 Å². The van der Waals surface area contributed by atoms with Crippen LogP contribution in [0.1, 0.15) is 97.8 Å². The molecule has 0 radical (unpaired) electrons. The normalized spacial score (nSPS) is 28.8. The van der Waals surface area contributed by atoms with Crippen molar-refractivity contribution in [2.75, 3.05) is 0 Å². The Hall–Kier alpha value is -0.560. The Labute approximate surface area is 156 Å². The summed E-state index contributed by atoms with van der Waals surface area (Å²) in [6, 6.07) is 0. The highest BCUT2D eigenvalue weighted by Gasteiger charge is 2.42. The van der Waals surface area contributed by atoms with Crippen molar-refractivity contribution in [2.24, 2.45) is 17.8 Å². The van der Waals surface area contributed by atoms with Gasteiger partial charge in [0.25, 0.3) is 0 Å². The standard InChI is InChI=1S/C24H40O/c1-19(2)18-20(3)21-12-14-23(15-13-21)25-24(16-8-5-9-17-24)22-10-6-4-7-11-22/h12-14,19-20,22-23H,4-11,15-18H2,1-3H3. The molecule has 0 heterocycles. The smallest absolute Gasteiger partial charge is 0.0801 e. The molecular weight excluding hydrogens is 304 g/mol. The van der Waals surface area contributed by atoms with Crippen molar-refractivity contribution in [3.63, 3.8) is 0 Å². The first-order chi connectivity index (χ1) is 12.1. The number of allylic oxidation sites excluding steroid dienone is 2. The van der Waals surface area contributed by atoms with E-state index in [1.165, 1.54) is 76.2 Å². The quantitative estimate of drug-likeness (QED) is 0.494. The van der Waals surface area contributed by atoms with Gasteiger partial charge in [-0.25, -0.2) is 0 Å². The first kappa shape index (κ1) is 19.2. The van der Waals surface area contributed by atoms with Gasteiger partial charge in [-0.15, -0.1) is 0 Å². The maximum Gasteiger partial charge on any atom is 0.0801 e. The predicted octanol–water partition coefficient (Wildman–Crippen LogP) is 7.22. The number of hydrogen-bond donors (Lipinski definition) is 0. The zero-order valence-corrected chi connectivity index (χ0v) is 16.9. The van der Waals surface area contributed by atoms with E-state index >= 15 is 0 Å². The van der Waals surface area contributed by atoms with Crippen molar-refractivity contribution < 1.29 is 4.74 Å². The Bertz CT molecular complexity index is 460. The van der Waals surface area contributed by atoms with Crippen molar-refractivity contribution in [1.82, 2.24) is 0 Å². The summed E-state index contributed by atoms with van der Waals surface area (Å²) < 4.78 is 6.94. The molecule has 0 spiro atoms. The molecule has 1 nitrogen and oxygen atoms in total. The summed E-state index contributed by atoms with van der Waals surface area (Å²) in [7, 11) is 0. The lowest BCUT2D eigenvalue weighted by molar-refractivity contribution is -0.139. The van der Waals surface area contributed by atoms with Gasteiger partial charge in [0, 0.05) is 0 Å². The monoisotopic (exact) mass is 344 g/mol. The number of hydrogen-bond acceptors (Lipinski definition) is 1. The first-order valence-corrected chi connectivity index (χ1v) is 11.1. The fraction of sp³-hybridized carbons (Fsp3) is 0.833. The van der Waals surface area contributed by atoms with Crippen molar-refractivity contribution in [3.8, 4) is 0 Å².